The molecule has 6 nitrogen and oxygen atoms in total. The molecular formula is C14H15N3O3. The fourth-order valence-electron chi connectivity index (χ4n) is 1.80. The van der Waals surface area contributed by atoms with E-state index in [1.807, 2.05) is 12.1 Å². The molecule has 1 aromatic heterocycles. The number of benzene rings is 1. The molecule has 6 heteroatoms. The maximum absolute atomic E-state index is 11.2. The van der Waals surface area contributed by atoms with Gasteiger partial charge < -0.3 is 15.5 Å². The summed E-state index contributed by atoms with van der Waals surface area (Å²) in [6.45, 7) is 3.18. The molecule has 0 aliphatic rings. The van der Waals surface area contributed by atoms with Crippen molar-refractivity contribution in [1.29, 1.82) is 0 Å². The predicted octanol–water partition coefficient (Wildman–Crippen LogP) is 1.96. The van der Waals surface area contributed by atoms with Gasteiger partial charge in [0.05, 0.1) is 0 Å². The number of anilines is 2. The van der Waals surface area contributed by atoms with Gasteiger partial charge in [0.1, 0.15) is 5.78 Å². The minimum atomic E-state index is -0.655. The average Bonchev–Trinajstić information content (AvgIpc) is 2.72. The van der Waals surface area contributed by atoms with Crippen LogP contribution in [0, 0.1) is 6.92 Å². The van der Waals surface area contributed by atoms with Gasteiger partial charge in [-0.3, -0.25) is 9.59 Å². The van der Waals surface area contributed by atoms with Crippen LogP contribution in [-0.2, 0) is 11.2 Å². The number of nitrogens with zero attached hydrogens (tertiary/aromatic N) is 1. The zero-order valence-electron chi connectivity index (χ0n) is 11.3. The molecule has 0 saturated heterocycles. The standard InChI is InChI=1S/C14H15N3O3/c1-8(18)7-10-3-5-11(6-4-10)17-14-12(13(15)19)16-9(2)20-14/h3-6,17H,7H2,1-2H3,(H2,15,19). The molecule has 2 rings (SSSR count). The molecule has 20 heavy (non-hydrogen) atoms. The molecule has 3 N–H and O–H groups in total. The Kier molecular flexibility index (Phi) is 3.84. The Morgan fingerprint density at radius 2 is 1.95 bits per heavy atom. The summed E-state index contributed by atoms with van der Waals surface area (Å²) in [5.41, 5.74) is 6.93. The average molecular weight is 273 g/mol. The number of hydrogen-bond donors (Lipinski definition) is 2. The highest BCUT2D eigenvalue weighted by Gasteiger charge is 2.16. The van der Waals surface area contributed by atoms with Crippen LogP contribution in [0.4, 0.5) is 11.6 Å². The molecule has 0 unspecified atom stereocenters. The maximum atomic E-state index is 11.2. The second-order valence-electron chi connectivity index (χ2n) is 4.48. The van der Waals surface area contributed by atoms with Crippen molar-refractivity contribution in [1.82, 2.24) is 4.98 Å². The van der Waals surface area contributed by atoms with Gasteiger partial charge in [0.2, 0.25) is 5.88 Å². The zero-order chi connectivity index (χ0) is 14.7. The molecule has 1 heterocycles. The van der Waals surface area contributed by atoms with E-state index in [1.54, 1.807) is 26.0 Å². The van der Waals surface area contributed by atoms with E-state index in [0.717, 1.165) is 11.3 Å². The van der Waals surface area contributed by atoms with Crippen molar-refractivity contribution in [3.8, 4) is 0 Å². The smallest absolute Gasteiger partial charge is 0.273 e. The van der Waals surface area contributed by atoms with Gasteiger partial charge in [-0.25, -0.2) is 4.98 Å². The van der Waals surface area contributed by atoms with E-state index in [-0.39, 0.29) is 17.4 Å². The van der Waals surface area contributed by atoms with E-state index in [9.17, 15) is 9.59 Å². The summed E-state index contributed by atoms with van der Waals surface area (Å²) in [7, 11) is 0. The molecule has 0 saturated carbocycles. The summed E-state index contributed by atoms with van der Waals surface area (Å²) in [4.78, 5) is 26.2. The SMILES string of the molecule is CC(=O)Cc1ccc(Nc2oc(C)nc2C(N)=O)cc1. The van der Waals surface area contributed by atoms with E-state index in [2.05, 4.69) is 10.3 Å². The normalized spacial score (nSPS) is 10.3. The first kappa shape index (κ1) is 13.8. The molecule has 0 atom stereocenters. The molecule has 0 aliphatic carbocycles. The number of carbonyl (C=O) groups is 2. The number of hydrogen-bond acceptors (Lipinski definition) is 5. The first-order chi connectivity index (χ1) is 9.45. The second kappa shape index (κ2) is 5.56. The fourth-order valence-corrected chi connectivity index (χ4v) is 1.80. The molecule has 2 aromatic rings. The summed E-state index contributed by atoms with van der Waals surface area (Å²) in [6, 6.07) is 7.25. The Morgan fingerprint density at radius 3 is 2.50 bits per heavy atom. The largest absolute Gasteiger partial charge is 0.424 e. The number of ketones is 1. The molecule has 104 valence electrons. The van der Waals surface area contributed by atoms with Crippen LogP contribution in [0.15, 0.2) is 28.7 Å². The van der Waals surface area contributed by atoms with E-state index >= 15 is 0 Å². The molecule has 1 aromatic carbocycles. The number of nitrogens with one attached hydrogen (secondary N) is 1. The second-order valence-corrected chi connectivity index (χ2v) is 4.48. The van der Waals surface area contributed by atoms with Gasteiger partial charge in [-0.05, 0) is 24.6 Å². The van der Waals surface area contributed by atoms with Gasteiger partial charge in [0, 0.05) is 19.0 Å². The number of aromatic nitrogens is 1. The molecule has 0 spiro atoms. The lowest BCUT2D eigenvalue weighted by Gasteiger charge is -2.05. The van der Waals surface area contributed by atoms with Crippen molar-refractivity contribution in [2.45, 2.75) is 20.3 Å². The van der Waals surface area contributed by atoms with Crippen molar-refractivity contribution in [3.05, 3.63) is 41.4 Å². The first-order valence-electron chi connectivity index (χ1n) is 6.08. The van der Waals surface area contributed by atoms with Crippen LogP contribution in [0.1, 0.15) is 28.9 Å². The topological polar surface area (TPSA) is 98.2 Å². The van der Waals surface area contributed by atoms with Crippen LogP contribution in [0.2, 0.25) is 0 Å². The number of Topliss-reactive ketones (excluding diaryl/α,β-unsaturated/α-hetero) is 1. The van der Waals surface area contributed by atoms with Crippen molar-refractivity contribution in [2.24, 2.45) is 5.73 Å². The minimum Gasteiger partial charge on any atom is -0.424 e. The molecule has 0 radical (unpaired) electrons. The van der Waals surface area contributed by atoms with Crippen LogP contribution >= 0.6 is 0 Å². The van der Waals surface area contributed by atoms with Gasteiger partial charge in [-0.2, -0.15) is 0 Å². The Hall–Kier alpha value is -2.63. The number of aryl methyl sites for hydroxylation is 1. The number of amides is 1. The number of primary amides is 1. The van der Waals surface area contributed by atoms with E-state index in [4.69, 9.17) is 10.2 Å². The first-order valence-corrected chi connectivity index (χ1v) is 6.08. The minimum absolute atomic E-state index is 0.0651. The summed E-state index contributed by atoms with van der Waals surface area (Å²) in [5, 5.41) is 2.94. The van der Waals surface area contributed by atoms with Gasteiger partial charge >= 0.3 is 0 Å². The summed E-state index contributed by atoms with van der Waals surface area (Å²) < 4.78 is 5.30. The Bertz CT molecular complexity index is 644. The van der Waals surface area contributed by atoms with Crippen molar-refractivity contribution >= 4 is 23.3 Å². The number of nitrogens with two attached hydrogens (primary N) is 1. The summed E-state index contributed by atoms with van der Waals surface area (Å²) in [5.74, 6) is 0.0222. The lowest BCUT2D eigenvalue weighted by atomic mass is 10.1. The monoisotopic (exact) mass is 273 g/mol. The summed E-state index contributed by atoms with van der Waals surface area (Å²) >= 11 is 0. The van der Waals surface area contributed by atoms with Gasteiger partial charge in [-0.1, -0.05) is 12.1 Å². The van der Waals surface area contributed by atoms with E-state index < -0.39 is 5.91 Å². The lowest BCUT2D eigenvalue weighted by molar-refractivity contribution is -0.116. The van der Waals surface area contributed by atoms with E-state index in [1.165, 1.54) is 0 Å². The van der Waals surface area contributed by atoms with Crippen LogP contribution in [0.5, 0.6) is 0 Å². The Balaban J connectivity index is 2.18. The van der Waals surface area contributed by atoms with Crippen molar-refractivity contribution < 1.29 is 14.0 Å². The molecule has 0 aliphatic heterocycles. The van der Waals surface area contributed by atoms with Crippen LogP contribution in [-0.4, -0.2) is 16.7 Å². The lowest BCUT2D eigenvalue weighted by Crippen LogP contribution is -2.13. The van der Waals surface area contributed by atoms with Gasteiger partial charge in [-0.15, -0.1) is 0 Å². The molecular weight excluding hydrogens is 258 g/mol. The highest BCUT2D eigenvalue weighted by Crippen LogP contribution is 2.22. The molecule has 0 bridgehead atoms. The zero-order valence-corrected chi connectivity index (χ0v) is 11.3. The molecule has 1 amide bonds. The maximum Gasteiger partial charge on any atom is 0.273 e. The summed E-state index contributed by atoms with van der Waals surface area (Å²) in [6.07, 6.45) is 0.397. The highest BCUT2D eigenvalue weighted by atomic mass is 16.4. The van der Waals surface area contributed by atoms with Crippen molar-refractivity contribution in [3.63, 3.8) is 0 Å². The third-order valence-corrected chi connectivity index (χ3v) is 2.63. The quantitative estimate of drug-likeness (QED) is 0.867. The third-order valence-electron chi connectivity index (χ3n) is 2.63. The highest BCUT2D eigenvalue weighted by molar-refractivity contribution is 5.95. The predicted molar refractivity (Wildman–Crippen MR) is 73.9 cm³/mol. The third kappa shape index (κ3) is 3.23. The van der Waals surface area contributed by atoms with Crippen LogP contribution < -0.4 is 11.1 Å². The van der Waals surface area contributed by atoms with E-state index in [0.29, 0.717) is 12.3 Å². The van der Waals surface area contributed by atoms with Gasteiger partial charge in [0.25, 0.3) is 5.91 Å². The number of rotatable bonds is 5. The van der Waals surface area contributed by atoms with Crippen LogP contribution in [0.3, 0.4) is 0 Å². The number of oxazole rings is 1. The van der Waals surface area contributed by atoms with Crippen molar-refractivity contribution in [2.75, 3.05) is 5.32 Å². The van der Waals surface area contributed by atoms with Gasteiger partial charge in [0.15, 0.2) is 11.6 Å². The Morgan fingerprint density at radius 1 is 1.30 bits per heavy atom. The van der Waals surface area contributed by atoms with Crippen LogP contribution in [0.25, 0.3) is 0 Å². The fraction of sp³-hybridized carbons (Fsp3) is 0.214. The molecule has 0 fully saturated rings. The Labute approximate surface area is 116 Å². The number of carbonyl (C=O) groups excluding carboxylic acids is 2.